The van der Waals surface area contributed by atoms with E-state index in [-0.39, 0.29) is 17.2 Å². The lowest BCUT2D eigenvalue weighted by Crippen LogP contribution is -2.52. The van der Waals surface area contributed by atoms with Gasteiger partial charge in [0.05, 0.1) is 5.92 Å². The maximum atomic E-state index is 13.0. The van der Waals surface area contributed by atoms with Crippen molar-refractivity contribution in [3.63, 3.8) is 0 Å². The zero-order valence-electron chi connectivity index (χ0n) is 19.1. The summed E-state index contributed by atoms with van der Waals surface area (Å²) in [6.45, 7) is 3.47. The number of amides is 2. The molecule has 1 N–H and O–H groups in total. The second-order valence-corrected chi connectivity index (χ2v) is 10.6. The molecule has 2 amide bonds. The van der Waals surface area contributed by atoms with E-state index in [1.165, 1.54) is 5.56 Å². The summed E-state index contributed by atoms with van der Waals surface area (Å²) in [5.41, 5.74) is 2.10. The molecule has 2 aromatic rings. The first-order valence-electron chi connectivity index (χ1n) is 12.3. The Bertz CT molecular complexity index is 1030. The van der Waals surface area contributed by atoms with E-state index in [4.69, 9.17) is 0 Å². The average molecular weight is 446 g/mol. The first kappa shape index (κ1) is 20.6. The van der Waals surface area contributed by atoms with Crippen molar-refractivity contribution in [2.45, 2.75) is 63.5 Å². The van der Waals surface area contributed by atoms with Crippen molar-refractivity contribution < 1.29 is 9.59 Å². The van der Waals surface area contributed by atoms with Crippen LogP contribution in [0.5, 0.6) is 0 Å². The molecular weight excluding hydrogens is 414 g/mol. The van der Waals surface area contributed by atoms with Gasteiger partial charge in [0, 0.05) is 42.5 Å². The maximum absolute atomic E-state index is 13.0. The smallest absolute Gasteiger partial charge is 0.231 e. The molecule has 7 nitrogen and oxygen atoms in total. The van der Waals surface area contributed by atoms with E-state index in [9.17, 15) is 9.59 Å². The van der Waals surface area contributed by atoms with E-state index in [0.717, 1.165) is 50.0 Å². The highest BCUT2D eigenvalue weighted by Gasteiger charge is 2.53. The molecule has 0 spiro atoms. The molecular formula is C26H31N5O2. The van der Waals surface area contributed by atoms with E-state index in [1.54, 1.807) is 6.20 Å². The van der Waals surface area contributed by atoms with Crippen LogP contribution >= 0.6 is 0 Å². The Morgan fingerprint density at radius 2 is 1.73 bits per heavy atom. The van der Waals surface area contributed by atoms with Gasteiger partial charge in [0.2, 0.25) is 11.8 Å². The lowest BCUT2D eigenvalue weighted by atomic mass is 9.84. The number of hydrogen-bond acceptors (Lipinski definition) is 5. The van der Waals surface area contributed by atoms with Gasteiger partial charge in [-0.05, 0) is 74.3 Å². The summed E-state index contributed by atoms with van der Waals surface area (Å²) in [5.74, 6) is 1.74. The molecule has 7 heteroatoms. The molecule has 33 heavy (non-hydrogen) atoms. The number of rotatable bonds is 5. The molecule has 2 atom stereocenters. The topological polar surface area (TPSA) is 78.4 Å². The number of anilines is 2. The van der Waals surface area contributed by atoms with E-state index < -0.39 is 0 Å². The van der Waals surface area contributed by atoms with Gasteiger partial charge in [-0.3, -0.25) is 9.59 Å². The number of carbonyl (C=O) groups excluding carboxylic acids is 2. The molecule has 1 aliphatic carbocycles. The molecule has 1 aromatic heterocycles. The fraction of sp³-hybridized carbons (Fsp3) is 0.538. The lowest BCUT2D eigenvalue weighted by molar-refractivity contribution is -0.141. The number of piperidine rings is 1. The minimum Gasteiger partial charge on any atom is -0.353 e. The SMILES string of the molecule is CC1(C(=O)N2C3CCC2CC(c2ccc(NC(=O)C4CN(c5cccnn5)C4)cc2)C3)CC1. The summed E-state index contributed by atoms with van der Waals surface area (Å²) in [6.07, 6.45) is 8.16. The monoisotopic (exact) mass is 445 g/mol. The van der Waals surface area contributed by atoms with Gasteiger partial charge in [0.1, 0.15) is 0 Å². The summed E-state index contributed by atoms with van der Waals surface area (Å²) in [5, 5.41) is 11.1. The van der Waals surface area contributed by atoms with Crippen molar-refractivity contribution in [3.05, 3.63) is 48.2 Å². The Morgan fingerprint density at radius 1 is 1.03 bits per heavy atom. The number of fused-ring (bicyclic) bond motifs is 2. The fourth-order valence-corrected chi connectivity index (χ4v) is 5.87. The molecule has 0 radical (unpaired) electrons. The van der Waals surface area contributed by atoms with Crippen LogP contribution in [0.15, 0.2) is 42.6 Å². The van der Waals surface area contributed by atoms with E-state index in [2.05, 4.69) is 44.4 Å². The molecule has 2 unspecified atom stereocenters. The van der Waals surface area contributed by atoms with Crippen molar-refractivity contribution >= 4 is 23.3 Å². The van der Waals surface area contributed by atoms with Gasteiger partial charge in [0.25, 0.3) is 0 Å². The van der Waals surface area contributed by atoms with Gasteiger partial charge < -0.3 is 15.1 Å². The Labute approximate surface area is 194 Å². The molecule has 3 aliphatic heterocycles. The van der Waals surface area contributed by atoms with Crippen molar-refractivity contribution in [3.8, 4) is 0 Å². The second kappa shape index (κ2) is 7.82. The quantitative estimate of drug-likeness (QED) is 0.761. The second-order valence-electron chi connectivity index (χ2n) is 10.6. The highest BCUT2D eigenvalue weighted by Crippen LogP contribution is 2.51. The van der Waals surface area contributed by atoms with Crippen LogP contribution in [0.3, 0.4) is 0 Å². The Morgan fingerprint density at radius 3 is 2.33 bits per heavy atom. The predicted molar refractivity (Wildman–Crippen MR) is 126 cm³/mol. The summed E-state index contributed by atoms with van der Waals surface area (Å²) < 4.78 is 0. The molecule has 4 fully saturated rings. The lowest BCUT2D eigenvalue weighted by Gasteiger charge is -2.40. The minimum atomic E-state index is -0.0699. The van der Waals surface area contributed by atoms with Gasteiger partial charge in [-0.1, -0.05) is 19.1 Å². The number of nitrogens with one attached hydrogen (secondary N) is 1. The molecule has 4 heterocycles. The van der Waals surface area contributed by atoms with E-state index >= 15 is 0 Å². The number of aromatic nitrogens is 2. The Kier molecular flexibility index (Phi) is 4.89. The van der Waals surface area contributed by atoms with Crippen molar-refractivity contribution in [1.29, 1.82) is 0 Å². The highest BCUT2D eigenvalue weighted by molar-refractivity contribution is 5.94. The summed E-state index contributed by atoms with van der Waals surface area (Å²) in [6, 6.07) is 12.9. The number of carbonyl (C=O) groups is 2. The van der Waals surface area contributed by atoms with Crippen LogP contribution in [-0.2, 0) is 9.59 Å². The average Bonchev–Trinajstić information content (AvgIpc) is 3.49. The van der Waals surface area contributed by atoms with Gasteiger partial charge in [-0.15, -0.1) is 5.10 Å². The normalized spacial score (nSPS) is 27.7. The summed E-state index contributed by atoms with van der Waals surface area (Å²) in [4.78, 5) is 29.9. The van der Waals surface area contributed by atoms with E-state index in [1.807, 2.05) is 24.3 Å². The van der Waals surface area contributed by atoms with Gasteiger partial charge >= 0.3 is 0 Å². The minimum absolute atomic E-state index is 0.0301. The Hall–Kier alpha value is -2.96. The highest BCUT2D eigenvalue weighted by atomic mass is 16.2. The molecule has 1 saturated carbocycles. The van der Waals surface area contributed by atoms with Crippen LogP contribution in [0.4, 0.5) is 11.5 Å². The molecule has 3 saturated heterocycles. The largest absolute Gasteiger partial charge is 0.353 e. The molecule has 172 valence electrons. The molecule has 2 bridgehead atoms. The third-order valence-corrected chi connectivity index (χ3v) is 8.27. The number of nitrogens with zero attached hydrogens (tertiary/aromatic N) is 4. The maximum Gasteiger partial charge on any atom is 0.231 e. The molecule has 4 aliphatic rings. The van der Waals surface area contributed by atoms with Crippen molar-refractivity contribution in [2.24, 2.45) is 11.3 Å². The number of hydrogen-bond donors (Lipinski definition) is 1. The molecule has 1 aromatic carbocycles. The fourth-order valence-electron chi connectivity index (χ4n) is 5.87. The van der Waals surface area contributed by atoms with Crippen LogP contribution in [0, 0.1) is 11.3 Å². The van der Waals surface area contributed by atoms with Crippen LogP contribution in [-0.4, -0.2) is 52.1 Å². The number of benzene rings is 1. The third-order valence-electron chi connectivity index (χ3n) is 8.27. The zero-order chi connectivity index (χ0) is 22.6. The van der Waals surface area contributed by atoms with Gasteiger partial charge in [-0.25, -0.2) is 0 Å². The van der Waals surface area contributed by atoms with Gasteiger partial charge in [-0.2, -0.15) is 5.10 Å². The van der Waals surface area contributed by atoms with Crippen LogP contribution in [0.2, 0.25) is 0 Å². The van der Waals surface area contributed by atoms with Crippen molar-refractivity contribution in [1.82, 2.24) is 15.1 Å². The van der Waals surface area contributed by atoms with Crippen LogP contribution < -0.4 is 10.2 Å². The van der Waals surface area contributed by atoms with E-state index in [0.29, 0.717) is 37.0 Å². The Balaban J connectivity index is 1.04. The van der Waals surface area contributed by atoms with Crippen molar-refractivity contribution in [2.75, 3.05) is 23.3 Å². The standard InChI is InChI=1S/C26H31N5O2/c1-26(10-11-26)25(33)31-21-8-9-22(31)14-18(13-21)17-4-6-20(7-5-17)28-24(32)19-15-30(16-19)23-3-2-12-27-29-23/h2-7,12,18-19,21-22H,8-11,13-16H2,1H3,(H,28,32). The first-order valence-corrected chi connectivity index (χ1v) is 12.3. The van der Waals surface area contributed by atoms with Crippen LogP contribution in [0.1, 0.15) is 56.9 Å². The summed E-state index contributed by atoms with van der Waals surface area (Å²) in [7, 11) is 0. The first-order chi connectivity index (χ1) is 16.0. The zero-order valence-corrected chi connectivity index (χ0v) is 19.1. The molecule has 6 rings (SSSR count). The predicted octanol–water partition coefficient (Wildman–Crippen LogP) is 3.59. The third kappa shape index (κ3) is 3.77. The summed E-state index contributed by atoms with van der Waals surface area (Å²) >= 11 is 0. The van der Waals surface area contributed by atoms with Gasteiger partial charge in [0.15, 0.2) is 5.82 Å². The van der Waals surface area contributed by atoms with Crippen LogP contribution in [0.25, 0.3) is 0 Å².